The fourth-order valence-corrected chi connectivity index (χ4v) is 0. The lowest BCUT2D eigenvalue weighted by Gasteiger charge is -1.53. The molecule has 72 valence electrons. The Morgan fingerprint density at radius 2 is 1.18 bits per heavy atom. The molecule has 0 heterocycles. The van der Waals surface area contributed by atoms with Crippen molar-refractivity contribution in [1.82, 2.24) is 0 Å². The van der Waals surface area contributed by atoms with Crippen LogP contribution >= 0.6 is 0 Å². The standard InChI is InChI=1S/C3H8.C2H7N.C2H6.CH3NO/c1-3-2;1-2-3;1-2;2-1-3/h3H2,1-2H3;2-3H2,1H3;1-2H3;1H,(H2,2,3). The number of carbonyl (C=O) groups excluding carboxylic acids is 1. The fourth-order valence-electron chi connectivity index (χ4n) is 0. The molecule has 0 rings (SSSR count). The van der Waals surface area contributed by atoms with Crippen molar-refractivity contribution in [2.45, 2.75) is 41.0 Å². The number of carbonyl (C=O) groups is 1. The van der Waals surface area contributed by atoms with Crippen molar-refractivity contribution >= 4 is 6.41 Å². The summed E-state index contributed by atoms with van der Waals surface area (Å²) in [6.07, 6.45) is 1.50. The lowest BCUT2D eigenvalue weighted by Crippen LogP contribution is -1.87. The van der Waals surface area contributed by atoms with E-state index in [0.717, 1.165) is 6.54 Å². The molecular formula is C8H24N2O. The Kier molecular flexibility index (Phi) is 231. The Morgan fingerprint density at radius 3 is 1.18 bits per heavy atom. The topological polar surface area (TPSA) is 69.1 Å². The van der Waals surface area contributed by atoms with Crippen LogP contribution in [0.25, 0.3) is 0 Å². The van der Waals surface area contributed by atoms with Crippen molar-refractivity contribution in [3.05, 3.63) is 0 Å². The van der Waals surface area contributed by atoms with E-state index >= 15 is 0 Å². The second-order valence-corrected chi connectivity index (χ2v) is 1.25. The Balaban J connectivity index is -0.0000000301. The first-order valence-corrected chi connectivity index (χ1v) is 4.10. The molecule has 4 N–H and O–H groups in total. The van der Waals surface area contributed by atoms with Crippen LogP contribution in [0.5, 0.6) is 0 Å². The predicted octanol–water partition coefficient (Wildman–Crippen LogP) is 1.51. The highest BCUT2D eigenvalue weighted by atomic mass is 16.1. The molecular weight excluding hydrogens is 140 g/mol. The van der Waals surface area contributed by atoms with Gasteiger partial charge in [0.2, 0.25) is 6.41 Å². The van der Waals surface area contributed by atoms with Crippen LogP contribution in [-0.2, 0) is 4.79 Å². The number of nitrogens with two attached hydrogens (primary N) is 2. The molecule has 0 fully saturated rings. The number of hydrogen-bond donors (Lipinski definition) is 2. The third-order valence-electron chi connectivity index (χ3n) is 0. The summed E-state index contributed by atoms with van der Waals surface area (Å²) in [5, 5.41) is 0. The van der Waals surface area contributed by atoms with Gasteiger partial charge in [0, 0.05) is 0 Å². The minimum Gasteiger partial charge on any atom is -0.372 e. The van der Waals surface area contributed by atoms with Crippen LogP contribution in [0.3, 0.4) is 0 Å². The van der Waals surface area contributed by atoms with Crippen LogP contribution < -0.4 is 11.5 Å². The summed E-state index contributed by atoms with van der Waals surface area (Å²) < 4.78 is 0. The third kappa shape index (κ3) is 1600. The smallest absolute Gasteiger partial charge is 0.204 e. The van der Waals surface area contributed by atoms with Gasteiger partial charge in [0.05, 0.1) is 0 Å². The minimum absolute atomic E-state index is 0.250. The van der Waals surface area contributed by atoms with Gasteiger partial charge < -0.3 is 11.5 Å². The highest BCUT2D eigenvalue weighted by Gasteiger charge is 1.35. The van der Waals surface area contributed by atoms with E-state index in [1.165, 1.54) is 6.42 Å². The van der Waals surface area contributed by atoms with Gasteiger partial charge in [-0.05, 0) is 6.54 Å². The normalized spacial score (nSPS) is 4.91. The molecule has 0 radical (unpaired) electrons. The fraction of sp³-hybridized carbons (Fsp3) is 0.875. The highest BCUT2D eigenvalue weighted by molar-refractivity contribution is 5.42. The summed E-state index contributed by atoms with van der Waals surface area (Å²) in [6, 6.07) is 0. The van der Waals surface area contributed by atoms with E-state index in [1.807, 2.05) is 20.8 Å². The van der Waals surface area contributed by atoms with Gasteiger partial charge >= 0.3 is 0 Å². The van der Waals surface area contributed by atoms with Crippen molar-refractivity contribution in [2.75, 3.05) is 6.54 Å². The van der Waals surface area contributed by atoms with Crippen LogP contribution in [0.1, 0.15) is 41.0 Å². The van der Waals surface area contributed by atoms with Crippen LogP contribution in [0.4, 0.5) is 0 Å². The van der Waals surface area contributed by atoms with Gasteiger partial charge in [-0.3, -0.25) is 4.79 Å². The first kappa shape index (κ1) is 22.4. The van der Waals surface area contributed by atoms with Crippen LogP contribution in [0, 0.1) is 0 Å². The zero-order chi connectivity index (χ0) is 10.1. The Hall–Kier alpha value is -0.570. The third-order valence-corrected chi connectivity index (χ3v) is 0. The molecule has 0 aliphatic rings. The molecule has 3 nitrogen and oxygen atoms in total. The molecule has 0 unspecified atom stereocenters. The number of amides is 1. The molecule has 11 heavy (non-hydrogen) atoms. The van der Waals surface area contributed by atoms with Gasteiger partial charge in [0.1, 0.15) is 0 Å². The zero-order valence-corrected chi connectivity index (χ0v) is 8.55. The van der Waals surface area contributed by atoms with Gasteiger partial charge in [-0.2, -0.15) is 0 Å². The van der Waals surface area contributed by atoms with Crippen LogP contribution in [0.2, 0.25) is 0 Å². The molecule has 0 aromatic rings. The summed E-state index contributed by atoms with van der Waals surface area (Å²) in [5.74, 6) is 0. The van der Waals surface area contributed by atoms with Crippen molar-refractivity contribution < 1.29 is 4.79 Å². The average Bonchev–Trinajstić information content (AvgIpc) is 1.96. The molecule has 3 heteroatoms. The summed E-state index contributed by atoms with van der Waals surface area (Å²) in [5.41, 5.74) is 9.01. The van der Waals surface area contributed by atoms with E-state index < -0.39 is 0 Å². The Morgan fingerprint density at radius 1 is 1.18 bits per heavy atom. The highest BCUT2D eigenvalue weighted by Crippen LogP contribution is 1.56. The maximum Gasteiger partial charge on any atom is 0.204 e. The Bertz CT molecular complexity index is 31.3. The molecule has 0 saturated heterocycles. The lowest BCUT2D eigenvalue weighted by atomic mass is 10.6. The SMILES string of the molecule is CC.CCC.CCN.NC=O. The quantitative estimate of drug-likeness (QED) is 0.533. The summed E-state index contributed by atoms with van der Waals surface area (Å²) in [6.45, 7) is 10.9. The zero-order valence-electron chi connectivity index (χ0n) is 8.55. The van der Waals surface area contributed by atoms with Gasteiger partial charge in [0.15, 0.2) is 0 Å². The number of hydrogen-bond acceptors (Lipinski definition) is 2. The maximum absolute atomic E-state index is 8.58. The summed E-state index contributed by atoms with van der Waals surface area (Å²) >= 11 is 0. The van der Waals surface area contributed by atoms with Gasteiger partial charge in [-0.1, -0.05) is 41.0 Å². The summed E-state index contributed by atoms with van der Waals surface area (Å²) in [4.78, 5) is 8.58. The second-order valence-electron chi connectivity index (χ2n) is 1.25. The van der Waals surface area contributed by atoms with Crippen molar-refractivity contribution in [2.24, 2.45) is 11.5 Å². The average molecular weight is 164 g/mol. The maximum atomic E-state index is 8.58. The van der Waals surface area contributed by atoms with E-state index in [9.17, 15) is 0 Å². The van der Waals surface area contributed by atoms with Crippen molar-refractivity contribution in [3.8, 4) is 0 Å². The van der Waals surface area contributed by atoms with E-state index in [2.05, 4.69) is 19.6 Å². The molecule has 0 spiro atoms. The Labute approximate surface area is 71.2 Å². The summed E-state index contributed by atoms with van der Waals surface area (Å²) in [7, 11) is 0. The second kappa shape index (κ2) is 113. The lowest BCUT2D eigenvalue weighted by molar-refractivity contribution is -0.106. The van der Waals surface area contributed by atoms with Gasteiger partial charge in [0.25, 0.3) is 0 Å². The van der Waals surface area contributed by atoms with E-state index in [4.69, 9.17) is 10.5 Å². The molecule has 0 saturated carbocycles. The van der Waals surface area contributed by atoms with Crippen LogP contribution in [0.15, 0.2) is 0 Å². The molecule has 1 amide bonds. The molecule has 0 aromatic carbocycles. The molecule has 0 bridgehead atoms. The van der Waals surface area contributed by atoms with E-state index in [-0.39, 0.29) is 6.41 Å². The minimum atomic E-state index is 0.250. The van der Waals surface area contributed by atoms with Gasteiger partial charge in [-0.15, -0.1) is 0 Å². The van der Waals surface area contributed by atoms with Crippen molar-refractivity contribution in [3.63, 3.8) is 0 Å². The number of primary amides is 1. The van der Waals surface area contributed by atoms with E-state index in [1.54, 1.807) is 0 Å². The van der Waals surface area contributed by atoms with Crippen LogP contribution in [-0.4, -0.2) is 13.0 Å². The molecule has 0 aromatic heterocycles. The first-order valence-electron chi connectivity index (χ1n) is 4.10. The van der Waals surface area contributed by atoms with Gasteiger partial charge in [-0.25, -0.2) is 0 Å². The van der Waals surface area contributed by atoms with E-state index in [0.29, 0.717) is 0 Å². The largest absolute Gasteiger partial charge is 0.372 e. The molecule has 0 aliphatic carbocycles. The molecule has 0 aliphatic heterocycles. The first-order chi connectivity index (χ1) is 5.24. The van der Waals surface area contributed by atoms with Crippen molar-refractivity contribution in [1.29, 1.82) is 0 Å². The monoisotopic (exact) mass is 164 g/mol. The predicted molar refractivity (Wildman–Crippen MR) is 52.3 cm³/mol. The molecule has 0 atom stereocenters. The number of rotatable bonds is 0.